The van der Waals surface area contributed by atoms with Crippen LogP contribution in [0.4, 0.5) is 17.6 Å². The quantitative estimate of drug-likeness (QED) is 0.120. The number of benzene rings is 3. The molecule has 1 heterocycles. The van der Waals surface area contributed by atoms with Gasteiger partial charge in [0.15, 0.2) is 29.0 Å². The van der Waals surface area contributed by atoms with Crippen LogP contribution in [-0.4, -0.2) is 30.1 Å². The van der Waals surface area contributed by atoms with Crippen LogP contribution in [0.3, 0.4) is 0 Å². The van der Waals surface area contributed by atoms with Crippen LogP contribution < -0.4 is 20.5 Å². The number of esters is 1. The van der Waals surface area contributed by atoms with E-state index in [2.05, 4.69) is 15.0 Å². The molecule has 0 bridgehead atoms. The molecule has 1 aliphatic carbocycles. The molecule has 0 radical (unpaired) electrons. The fourth-order valence-electron chi connectivity index (χ4n) is 4.38. The molecule has 4 aromatic rings. The maximum absolute atomic E-state index is 14.9. The van der Waals surface area contributed by atoms with Crippen molar-refractivity contribution in [2.24, 2.45) is 11.7 Å². The summed E-state index contributed by atoms with van der Waals surface area (Å²) in [7, 11) is 0. The number of nitrogens with zero attached hydrogens (tertiary/aromatic N) is 1. The first-order valence-electron chi connectivity index (χ1n) is 14.0. The molecular weight excluding hydrogens is 634 g/mol. The maximum Gasteiger partial charge on any atom is 0.387 e. The first-order valence-corrected chi connectivity index (χ1v) is 14.0. The summed E-state index contributed by atoms with van der Waals surface area (Å²) in [6.07, 6.45) is 1.92. The predicted octanol–water partition coefficient (Wildman–Crippen LogP) is 6.67. The fraction of sp³-hybridized carbons (Fsp3) is 0.281. The lowest BCUT2D eigenvalue weighted by molar-refractivity contribution is -0.147. The molecule has 1 aromatic heterocycles. The van der Waals surface area contributed by atoms with Gasteiger partial charge in [0, 0.05) is 17.2 Å². The van der Waals surface area contributed by atoms with Crippen LogP contribution in [0.25, 0.3) is 11.5 Å². The minimum Gasteiger partial charge on any atom is -0.489 e. The lowest BCUT2D eigenvalue weighted by Gasteiger charge is -2.19. The average Bonchev–Trinajstić information content (AvgIpc) is 3.73. The van der Waals surface area contributed by atoms with Crippen LogP contribution in [0, 0.1) is 17.6 Å². The summed E-state index contributed by atoms with van der Waals surface area (Å²) >= 11 is 0. The average molecular weight is 664 g/mol. The third kappa shape index (κ3) is 8.55. The van der Waals surface area contributed by atoms with Crippen LogP contribution in [0.5, 0.6) is 11.5 Å². The third-order valence-electron chi connectivity index (χ3n) is 6.87. The van der Waals surface area contributed by atoms with Crippen molar-refractivity contribution in [3.63, 3.8) is 0 Å². The van der Waals surface area contributed by atoms with E-state index in [0.29, 0.717) is 24.2 Å². The Morgan fingerprint density at radius 1 is 1.04 bits per heavy atom. The molecule has 1 unspecified atom stereocenters. The lowest BCUT2D eigenvalue weighted by atomic mass is 10.1. The zero-order valence-corrected chi connectivity index (χ0v) is 25.2. The van der Waals surface area contributed by atoms with E-state index < -0.39 is 42.2 Å². The number of nitrogens with two attached hydrogens (primary N) is 1. The molecule has 14 heteroatoms. The van der Waals surface area contributed by atoms with Crippen molar-refractivity contribution < 1.29 is 45.8 Å². The standard InChI is InChI=1S/C32H29F4N3O6.ClH/c1-17(37)28-27(39-30(45-28)20-9-12-24(44-32(35)36)25(13-20)42-15-19-7-8-19)29(40)38-26(22-11-10-21(33)14-23(22)34)31(41)43-16-18-5-3-2-4-6-18;/h2-6,9-14,17,19,26,32H,7-8,15-16,37H2,1H3,(H,38,40);1H/t17-,26?;/m0./s1. The molecule has 244 valence electrons. The second kappa shape index (κ2) is 15.1. The Kier molecular flexibility index (Phi) is 11.3. The molecule has 3 aromatic carbocycles. The summed E-state index contributed by atoms with van der Waals surface area (Å²) in [5.74, 6) is -3.99. The number of carbonyl (C=O) groups excluding carboxylic acids is 2. The highest BCUT2D eigenvalue weighted by Gasteiger charge is 2.32. The molecule has 3 N–H and O–H groups in total. The summed E-state index contributed by atoms with van der Waals surface area (Å²) in [5.41, 5.74) is 6.29. The normalized spacial score (nSPS) is 13.8. The Morgan fingerprint density at radius 3 is 2.43 bits per heavy atom. The van der Waals surface area contributed by atoms with E-state index in [1.165, 1.54) is 25.1 Å². The summed E-state index contributed by atoms with van der Waals surface area (Å²) in [6.45, 7) is -1.44. The summed E-state index contributed by atoms with van der Waals surface area (Å²) < 4.78 is 76.0. The number of oxazole rings is 1. The summed E-state index contributed by atoms with van der Waals surface area (Å²) in [5, 5.41) is 2.41. The highest BCUT2D eigenvalue weighted by molar-refractivity contribution is 5.97. The lowest BCUT2D eigenvalue weighted by Crippen LogP contribution is -2.36. The van der Waals surface area contributed by atoms with E-state index in [1.807, 2.05) is 0 Å². The van der Waals surface area contributed by atoms with Gasteiger partial charge >= 0.3 is 12.6 Å². The molecule has 5 rings (SSSR count). The molecule has 46 heavy (non-hydrogen) atoms. The Labute approximate surface area is 267 Å². The van der Waals surface area contributed by atoms with Gasteiger partial charge in [-0.2, -0.15) is 8.78 Å². The maximum atomic E-state index is 14.9. The van der Waals surface area contributed by atoms with E-state index in [9.17, 15) is 27.2 Å². The van der Waals surface area contributed by atoms with Crippen molar-refractivity contribution in [2.45, 2.75) is 45.1 Å². The number of ether oxygens (including phenoxy) is 3. The Bertz CT molecular complexity index is 1670. The van der Waals surface area contributed by atoms with Crippen LogP contribution in [-0.2, 0) is 16.1 Å². The molecule has 1 fully saturated rings. The van der Waals surface area contributed by atoms with Gasteiger partial charge in [-0.3, -0.25) is 4.79 Å². The minimum absolute atomic E-state index is 0. The van der Waals surface area contributed by atoms with Gasteiger partial charge in [0.1, 0.15) is 18.2 Å². The first kappa shape index (κ1) is 34.3. The number of halogens is 5. The smallest absolute Gasteiger partial charge is 0.387 e. The number of rotatable bonds is 13. The second-order valence-electron chi connectivity index (χ2n) is 10.5. The molecule has 0 saturated heterocycles. The summed E-state index contributed by atoms with van der Waals surface area (Å²) in [4.78, 5) is 31.0. The molecule has 2 atom stereocenters. The zero-order chi connectivity index (χ0) is 32.1. The predicted molar refractivity (Wildman–Crippen MR) is 159 cm³/mol. The Hall–Kier alpha value is -4.62. The molecule has 0 spiro atoms. The monoisotopic (exact) mass is 663 g/mol. The van der Waals surface area contributed by atoms with Crippen molar-refractivity contribution in [3.8, 4) is 23.0 Å². The molecular formula is C32H30ClF4N3O6. The van der Waals surface area contributed by atoms with Gasteiger partial charge in [0.2, 0.25) is 5.89 Å². The fourth-order valence-corrected chi connectivity index (χ4v) is 4.38. The van der Waals surface area contributed by atoms with Gasteiger partial charge in [-0.05, 0) is 55.5 Å². The Balaban J connectivity index is 0.00000480. The van der Waals surface area contributed by atoms with Gasteiger partial charge in [-0.1, -0.05) is 36.4 Å². The number of hydrogen-bond donors (Lipinski definition) is 2. The van der Waals surface area contributed by atoms with Gasteiger partial charge < -0.3 is 29.7 Å². The van der Waals surface area contributed by atoms with E-state index in [0.717, 1.165) is 25.0 Å². The number of nitrogens with one attached hydrogen (secondary N) is 1. The second-order valence-corrected chi connectivity index (χ2v) is 10.5. The van der Waals surface area contributed by atoms with Gasteiger partial charge in [0.05, 0.1) is 12.6 Å². The zero-order valence-electron chi connectivity index (χ0n) is 24.4. The van der Waals surface area contributed by atoms with Gasteiger partial charge in [-0.25, -0.2) is 18.6 Å². The van der Waals surface area contributed by atoms with Crippen LogP contribution in [0.15, 0.2) is 71.1 Å². The van der Waals surface area contributed by atoms with Crippen LogP contribution in [0.2, 0.25) is 0 Å². The van der Waals surface area contributed by atoms with Crippen molar-refractivity contribution >= 4 is 24.3 Å². The molecule has 1 saturated carbocycles. The van der Waals surface area contributed by atoms with Crippen molar-refractivity contribution in [2.75, 3.05) is 6.61 Å². The third-order valence-corrected chi connectivity index (χ3v) is 6.87. The van der Waals surface area contributed by atoms with Gasteiger partial charge in [0.25, 0.3) is 5.91 Å². The number of hydrogen-bond acceptors (Lipinski definition) is 8. The van der Waals surface area contributed by atoms with Crippen molar-refractivity contribution in [1.29, 1.82) is 0 Å². The van der Waals surface area contributed by atoms with E-state index in [4.69, 9.17) is 19.6 Å². The van der Waals surface area contributed by atoms with Gasteiger partial charge in [-0.15, -0.1) is 12.4 Å². The number of aromatic nitrogens is 1. The van der Waals surface area contributed by atoms with E-state index in [1.54, 1.807) is 30.3 Å². The van der Waals surface area contributed by atoms with Crippen molar-refractivity contribution in [1.82, 2.24) is 10.3 Å². The van der Waals surface area contributed by atoms with Crippen molar-refractivity contribution in [3.05, 3.63) is 101 Å². The molecule has 9 nitrogen and oxygen atoms in total. The molecule has 0 aliphatic heterocycles. The molecule has 1 aliphatic rings. The topological polar surface area (TPSA) is 126 Å². The minimum atomic E-state index is -3.08. The SMILES string of the molecule is C[C@H](N)c1oc(-c2ccc(OC(F)F)c(OCC3CC3)c2)nc1C(=O)NC(C(=O)OCc1ccccc1)c1ccc(F)cc1F.Cl. The molecule has 1 amide bonds. The van der Waals surface area contributed by atoms with E-state index >= 15 is 0 Å². The summed E-state index contributed by atoms with van der Waals surface area (Å²) in [6, 6.07) is 12.7. The largest absolute Gasteiger partial charge is 0.489 e. The first-order chi connectivity index (χ1) is 21.6. The van der Waals surface area contributed by atoms with Crippen LogP contribution >= 0.6 is 12.4 Å². The highest BCUT2D eigenvalue weighted by Crippen LogP contribution is 2.37. The van der Waals surface area contributed by atoms with E-state index in [-0.39, 0.29) is 59.0 Å². The highest BCUT2D eigenvalue weighted by atomic mass is 35.5. The number of alkyl halides is 2. The number of carbonyl (C=O) groups is 2. The Morgan fingerprint density at radius 2 is 1.78 bits per heavy atom. The number of amides is 1. The van der Waals surface area contributed by atoms with Crippen LogP contribution in [0.1, 0.15) is 59.2 Å².